The van der Waals surface area contributed by atoms with E-state index in [1.165, 1.54) is 0 Å². The van der Waals surface area contributed by atoms with Crippen LogP contribution >= 0.6 is 0 Å². The monoisotopic (exact) mass is 200 g/mol. The summed E-state index contributed by atoms with van der Waals surface area (Å²) in [6.07, 6.45) is 3.49. The summed E-state index contributed by atoms with van der Waals surface area (Å²) in [6.45, 7) is 3.76. The second kappa shape index (κ2) is 3.41. The smallest absolute Gasteiger partial charge is 0.227 e. The number of aryl methyl sites for hydroxylation is 2. The Morgan fingerprint density at radius 1 is 1.46 bits per heavy atom. The molecule has 72 valence electrons. The largest absolute Gasteiger partial charge is 0.246 e. The Kier molecular flexibility index (Phi) is 2.66. The summed E-state index contributed by atoms with van der Waals surface area (Å²) in [5.74, 6) is 0. The van der Waals surface area contributed by atoms with Gasteiger partial charge >= 0.3 is 0 Å². The van der Waals surface area contributed by atoms with Gasteiger partial charge in [0.1, 0.15) is 0 Å². The molecule has 4 nitrogen and oxygen atoms in total. The van der Waals surface area contributed by atoms with E-state index in [0.717, 1.165) is 23.9 Å². The van der Waals surface area contributed by atoms with Gasteiger partial charge in [0.15, 0.2) is 0 Å². The minimum Gasteiger partial charge on any atom is -0.227 e. The second-order valence-corrected chi connectivity index (χ2v) is 4.80. The molecule has 0 aliphatic carbocycles. The van der Waals surface area contributed by atoms with Gasteiger partial charge in [-0.3, -0.25) is 0 Å². The average Bonchev–Trinajstić information content (AvgIpc) is 2.02. The molecule has 0 radical (unpaired) electrons. The van der Waals surface area contributed by atoms with E-state index in [-0.39, 0.29) is 5.16 Å². The maximum Gasteiger partial charge on any atom is 0.246 e. The van der Waals surface area contributed by atoms with Crippen LogP contribution in [-0.2, 0) is 16.3 Å². The van der Waals surface area contributed by atoms with Crippen molar-refractivity contribution in [2.45, 2.75) is 25.4 Å². The molecule has 0 saturated carbocycles. The fourth-order valence-corrected chi connectivity index (χ4v) is 1.54. The van der Waals surface area contributed by atoms with E-state index in [2.05, 4.69) is 9.97 Å². The standard InChI is InChI=1S/C8H12N2O2S/c1-4-7-5-9-8(10-6(7)2)13(3,11)12/h5H,4H2,1-3H3. The molecule has 13 heavy (non-hydrogen) atoms. The quantitative estimate of drug-likeness (QED) is 0.661. The van der Waals surface area contributed by atoms with Crippen LogP contribution in [0, 0.1) is 6.92 Å². The van der Waals surface area contributed by atoms with Gasteiger partial charge in [-0.25, -0.2) is 18.4 Å². The normalized spacial score (nSPS) is 11.6. The molecule has 5 heteroatoms. The lowest BCUT2D eigenvalue weighted by molar-refractivity contribution is 0.591. The molecule has 0 amide bonds. The van der Waals surface area contributed by atoms with Crippen molar-refractivity contribution in [3.8, 4) is 0 Å². The number of rotatable bonds is 2. The first-order valence-electron chi connectivity index (χ1n) is 3.97. The van der Waals surface area contributed by atoms with Crippen molar-refractivity contribution in [3.63, 3.8) is 0 Å². The molecule has 0 saturated heterocycles. The van der Waals surface area contributed by atoms with Gasteiger partial charge in [0.25, 0.3) is 0 Å². The summed E-state index contributed by atoms with van der Waals surface area (Å²) in [5.41, 5.74) is 1.71. The van der Waals surface area contributed by atoms with Crippen LogP contribution in [0.4, 0.5) is 0 Å². The van der Waals surface area contributed by atoms with Gasteiger partial charge in [-0.1, -0.05) is 6.92 Å². The predicted octanol–water partition coefficient (Wildman–Crippen LogP) is 0.751. The van der Waals surface area contributed by atoms with E-state index in [0.29, 0.717) is 0 Å². The van der Waals surface area contributed by atoms with Gasteiger partial charge in [0.2, 0.25) is 15.0 Å². The van der Waals surface area contributed by atoms with Crippen molar-refractivity contribution in [2.24, 2.45) is 0 Å². The first kappa shape index (κ1) is 10.1. The van der Waals surface area contributed by atoms with Crippen LogP contribution < -0.4 is 0 Å². The van der Waals surface area contributed by atoms with Gasteiger partial charge < -0.3 is 0 Å². The summed E-state index contributed by atoms with van der Waals surface area (Å²) in [6, 6.07) is 0. The van der Waals surface area contributed by atoms with Crippen LogP contribution in [0.25, 0.3) is 0 Å². The summed E-state index contributed by atoms with van der Waals surface area (Å²) in [4.78, 5) is 7.70. The number of sulfone groups is 1. The highest BCUT2D eigenvalue weighted by molar-refractivity contribution is 7.90. The Morgan fingerprint density at radius 3 is 2.46 bits per heavy atom. The first-order chi connectivity index (χ1) is 5.95. The van der Waals surface area contributed by atoms with Crippen molar-refractivity contribution < 1.29 is 8.42 Å². The fraction of sp³-hybridized carbons (Fsp3) is 0.500. The zero-order valence-electron chi connectivity index (χ0n) is 7.90. The van der Waals surface area contributed by atoms with Crippen molar-refractivity contribution in [2.75, 3.05) is 6.26 Å². The third-order valence-corrected chi connectivity index (χ3v) is 2.63. The molecule has 0 N–H and O–H groups in total. The van der Waals surface area contributed by atoms with E-state index in [1.54, 1.807) is 13.1 Å². The molecule has 0 aliphatic heterocycles. The van der Waals surface area contributed by atoms with E-state index in [9.17, 15) is 8.42 Å². The third-order valence-electron chi connectivity index (χ3n) is 1.77. The van der Waals surface area contributed by atoms with E-state index >= 15 is 0 Å². The van der Waals surface area contributed by atoms with Gasteiger partial charge in [-0.15, -0.1) is 0 Å². The van der Waals surface area contributed by atoms with Crippen LogP contribution in [0.1, 0.15) is 18.2 Å². The van der Waals surface area contributed by atoms with Crippen molar-refractivity contribution >= 4 is 9.84 Å². The minimum absolute atomic E-state index is 0.0952. The van der Waals surface area contributed by atoms with Gasteiger partial charge in [-0.05, 0) is 18.9 Å². The first-order valence-corrected chi connectivity index (χ1v) is 5.87. The fourth-order valence-electron chi connectivity index (χ4n) is 0.996. The third kappa shape index (κ3) is 2.24. The highest BCUT2D eigenvalue weighted by Gasteiger charge is 2.11. The lowest BCUT2D eigenvalue weighted by Gasteiger charge is -2.02. The lowest BCUT2D eigenvalue weighted by atomic mass is 10.2. The summed E-state index contributed by atoms with van der Waals surface area (Å²) < 4.78 is 22.1. The van der Waals surface area contributed by atoms with Crippen molar-refractivity contribution in [1.82, 2.24) is 9.97 Å². The second-order valence-electron chi connectivity index (χ2n) is 2.89. The van der Waals surface area contributed by atoms with Crippen LogP contribution in [0.15, 0.2) is 11.4 Å². The lowest BCUT2D eigenvalue weighted by Crippen LogP contribution is -2.06. The molecule has 0 aromatic carbocycles. The van der Waals surface area contributed by atoms with Crippen molar-refractivity contribution in [3.05, 3.63) is 17.5 Å². The van der Waals surface area contributed by atoms with Crippen LogP contribution in [0.5, 0.6) is 0 Å². The summed E-state index contributed by atoms with van der Waals surface area (Å²) in [5, 5.41) is -0.0952. The van der Waals surface area contributed by atoms with Gasteiger partial charge in [-0.2, -0.15) is 0 Å². The van der Waals surface area contributed by atoms with E-state index in [1.807, 2.05) is 6.92 Å². The molecule has 1 aromatic rings. The van der Waals surface area contributed by atoms with Crippen LogP contribution in [0.3, 0.4) is 0 Å². The molecule has 0 atom stereocenters. The molecule has 0 aliphatic rings. The van der Waals surface area contributed by atoms with E-state index in [4.69, 9.17) is 0 Å². The SMILES string of the molecule is CCc1cnc(S(C)(=O)=O)nc1C. The Hall–Kier alpha value is -0.970. The number of aromatic nitrogens is 2. The Morgan fingerprint density at radius 2 is 2.08 bits per heavy atom. The molecule has 1 aromatic heterocycles. The molecular formula is C8H12N2O2S. The maximum atomic E-state index is 11.1. The van der Waals surface area contributed by atoms with Gasteiger partial charge in [0.05, 0.1) is 0 Å². The molecule has 1 rings (SSSR count). The predicted molar refractivity (Wildman–Crippen MR) is 49.3 cm³/mol. The molecule has 1 heterocycles. The Labute approximate surface area is 78.0 Å². The number of hydrogen-bond donors (Lipinski definition) is 0. The highest BCUT2D eigenvalue weighted by Crippen LogP contribution is 2.07. The topological polar surface area (TPSA) is 59.9 Å². The Balaban J connectivity index is 3.26. The Bertz CT molecular complexity index is 412. The van der Waals surface area contributed by atoms with E-state index < -0.39 is 9.84 Å². The van der Waals surface area contributed by atoms with Crippen LogP contribution in [-0.4, -0.2) is 24.6 Å². The highest BCUT2D eigenvalue weighted by atomic mass is 32.2. The zero-order chi connectivity index (χ0) is 10.1. The number of nitrogens with zero attached hydrogens (tertiary/aromatic N) is 2. The minimum atomic E-state index is -3.27. The zero-order valence-corrected chi connectivity index (χ0v) is 8.72. The molecule has 0 spiro atoms. The van der Waals surface area contributed by atoms with Gasteiger partial charge in [0, 0.05) is 18.1 Å². The average molecular weight is 200 g/mol. The summed E-state index contributed by atoms with van der Waals surface area (Å²) in [7, 11) is -3.27. The van der Waals surface area contributed by atoms with Crippen molar-refractivity contribution in [1.29, 1.82) is 0 Å². The molecule has 0 unspecified atom stereocenters. The summed E-state index contributed by atoms with van der Waals surface area (Å²) >= 11 is 0. The maximum absolute atomic E-state index is 11.1. The number of hydrogen-bond acceptors (Lipinski definition) is 4. The molecule has 0 bridgehead atoms. The van der Waals surface area contributed by atoms with Crippen LogP contribution in [0.2, 0.25) is 0 Å². The molecule has 0 fully saturated rings. The molecular weight excluding hydrogens is 188 g/mol.